The van der Waals surface area contributed by atoms with Gasteiger partial charge in [0, 0.05) is 11.5 Å². The van der Waals surface area contributed by atoms with E-state index in [2.05, 4.69) is 46.5 Å². The molecule has 0 saturated heterocycles. The molecule has 1 N–H and O–H groups in total. The first-order valence-electron chi connectivity index (χ1n) is 8.77. The maximum absolute atomic E-state index is 5.32. The molecule has 1 aliphatic carbocycles. The zero-order valence-corrected chi connectivity index (χ0v) is 14.9. The second-order valence-electron chi connectivity index (χ2n) is 6.62. The van der Waals surface area contributed by atoms with Gasteiger partial charge in [0.1, 0.15) is 17.4 Å². The number of hydrogen-bond acceptors (Lipinski definition) is 4. The van der Waals surface area contributed by atoms with Crippen molar-refractivity contribution in [1.29, 1.82) is 0 Å². The van der Waals surface area contributed by atoms with Crippen molar-refractivity contribution in [1.82, 2.24) is 9.97 Å². The monoisotopic (exact) mass is 332 g/mol. The minimum atomic E-state index is 0.181. The third kappa shape index (κ3) is 2.93. The fraction of sp³-hybridized carbons (Fsp3) is 0.333. The summed E-state index contributed by atoms with van der Waals surface area (Å²) in [7, 11) is 1.65. The minimum Gasteiger partial charge on any atom is -0.496 e. The number of anilines is 1. The Morgan fingerprint density at radius 3 is 2.96 bits per heavy atom. The summed E-state index contributed by atoms with van der Waals surface area (Å²) >= 11 is 0. The first-order chi connectivity index (χ1) is 12.2. The third-order valence-corrected chi connectivity index (χ3v) is 4.94. The van der Waals surface area contributed by atoms with Gasteiger partial charge < -0.3 is 10.1 Å². The van der Waals surface area contributed by atoms with E-state index in [9.17, 15) is 0 Å². The standard InChI is InChI=1S/C21H22N3O/c1-13(17-8-4-6-15-7-5-9-18(15)17)22-21-19-12-16(25-3)10-11-20(19)23-14(2)24-21/h4,6,8,11-13H,5,7,9H2,1-3H3,(H,22,23,24)/t13-/m1/s1. The molecule has 2 aromatic carbocycles. The molecular formula is C21H22N3O. The number of ether oxygens (including phenoxy) is 1. The van der Waals surface area contributed by atoms with Gasteiger partial charge in [-0.15, -0.1) is 0 Å². The van der Waals surface area contributed by atoms with Crippen molar-refractivity contribution in [2.45, 2.75) is 39.2 Å². The number of fused-ring (bicyclic) bond motifs is 2. The highest BCUT2D eigenvalue weighted by atomic mass is 16.5. The highest BCUT2D eigenvalue weighted by molar-refractivity contribution is 5.90. The molecule has 1 atom stereocenters. The van der Waals surface area contributed by atoms with E-state index in [0.717, 1.165) is 22.5 Å². The van der Waals surface area contributed by atoms with Crippen LogP contribution in [0.1, 0.15) is 41.9 Å². The van der Waals surface area contributed by atoms with E-state index in [0.29, 0.717) is 5.75 Å². The van der Waals surface area contributed by atoms with E-state index in [-0.39, 0.29) is 6.04 Å². The zero-order chi connectivity index (χ0) is 17.4. The highest BCUT2D eigenvalue weighted by Gasteiger charge is 2.19. The van der Waals surface area contributed by atoms with Crippen molar-refractivity contribution in [3.05, 3.63) is 58.9 Å². The number of aryl methyl sites for hydroxylation is 2. The average molecular weight is 332 g/mol. The molecule has 1 heterocycles. The molecule has 1 aliphatic rings. The molecule has 0 amide bonds. The summed E-state index contributed by atoms with van der Waals surface area (Å²) in [5.74, 6) is 2.29. The highest BCUT2D eigenvalue weighted by Crippen LogP contribution is 2.32. The van der Waals surface area contributed by atoms with E-state index < -0.39 is 0 Å². The third-order valence-electron chi connectivity index (χ3n) is 4.94. The molecule has 0 unspecified atom stereocenters. The van der Waals surface area contributed by atoms with Crippen LogP contribution in [0.25, 0.3) is 10.9 Å². The fourth-order valence-corrected chi connectivity index (χ4v) is 3.73. The lowest BCUT2D eigenvalue weighted by Gasteiger charge is -2.20. The number of nitrogens with zero attached hydrogens (tertiary/aromatic N) is 2. The van der Waals surface area contributed by atoms with Crippen molar-refractivity contribution in [3.63, 3.8) is 0 Å². The van der Waals surface area contributed by atoms with E-state index in [1.54, 1.807) is 7.11 Å². The van der Waals surface area contributed by atoms with Crippen LogP contribution in [0.4, 0.5) is 5.82 Å². The van der Waals surface area contributed by atoms with Gasteiger partial charge >= 0.3 is 0 Å². The van der Waals surface area contributed by atoms with Crippen molar-refractivity contribution in [3.8, 4) is 5.75 Å². The molecule has 25 heavy (non-hydrogen) atoms. The quantitative estimate of drug-likeness (QED) is 0.769. The van der Waals surface area contributed by atoms with Gasteiger partial charge in [-0.05, 0) is 61.9 Å². The predicted molar refractivity (Wildman–Crippen MR) is 100 cm³/mol. The minimum absolute atomic E-state index is 0.181. The van der Waals surface area contributed by atoms with Gasteiger partial charge in [-0.2, -0.15) is 0 Å². The Hall–Kier alpha value is -2.62. The van der Waals surface area contributed by atoms with Crippen LogP contribution < -0.4 is 10.1 Å². The van der Waals surface area contributed by atoms with Crippen LogP contribution in [-0.4, -0.2) is 17.1 Å². The molecule has 3 aromatic rings. The molecule has 4 heteroatoms. The Kier molecular flexibility index (Phi) is 4.04. The normalized spacial score (nSPS) is 14.4. The summed E-state index contributed by atoms with van der Waals surface area (Å²) in [5.41, 5.74) is 5.24. The SMILES string of the molecule is COc1[c]cc2nc(C)nc(N[C@H](C)c3cccc4c3CCC4)c2c1. The van der Waals surface area contributed by atoms with Crippen molar-refractivity contribution in [2.75, 3.05) is 12.4 Å². The largest absolute Gasteiger partial charge is 0.496 e. The predicted octanol–water partition coefficient (Wildman–Crippen LogP) is 4.41. The summed E-state index contributed by atoms with van der Waals surface area (Å²) < 4.78 is 5.32. The van der Waals surface area contributed by atoms with Gasteiger partial charge in [-0.25, -0.2) is 9.97 Å². The second-order valence-corrected chi connectivity index (χ2v) is 6.62. The second kappa shape index (κ2) is 6.36. The fourth-order valence-electron chi connectivity index (χ4n) is 3.73. The van der Waals surface area contributed by atoms with E-state index in [4.69, 9.17) is 4.74 Å². The topological polar surface area (TPSA) is 47.0 Å². The van der Waals surface area contributed by atoms with Crippen molar-refractivity contribution in [2.24, 2.45) is 0 Å². The Bertz CT molecular complexity index is 936. The maximum atomic E-state index is 5.32. The number of benzene rings is 2. The van der Waals surface area contributed by atoms with E-state index in [1.165, 1.54) is 36.0 Å². The van der Waals surface area contributed by atoms with Gasteiger partial charge in [0.2, 0.25) is 0 Å². The number of hydrogen-bond donors (Lipinski definition) is 1. The number of aromatic nitrogens is 2. The first-order valence-corrected chi connectivity index (χ1v) is 8.77. The molecular weight excluding hydrogens is 310 g/mol. The summed E-state index contributed by atoms with van der Waals surface area (Å²) in [6, 6.07) is 13.7. The lowest BCUT2D eigenvalue weighted by molar-refractivity contribution is 0.414. The maximum Gasteiger partial charge on any atom is 0.138 e. The number of rotatable bonds is 4. The Labute approximate surface area is 148 Å². The first kappa shape index (κ1) is 15.9. The molecule has 0 spiro atoms. The summed E-state index contributed by atoms with van der Waals surface area (Å²) in [5, 5.41) is 4.56. The van der Waals surface area contributed by atoms with Crippen LogP contribution >= 0.6 is 0 Å². The smallest absolute Gasteiger partial charge is 0.138 e. The van der Waals surface area contributed by atoms with Gasteiger partial charge in [-0.1, -0.05) is 18.2 Å². The van der Waals surface area contributed by atoms with Crippen LogP contribution in [0.15, 0.2) is 30.3 Å². The molecule has 0 fully saturated rings. The van der Waals surface area contributed by atoms with Gasteiger partial charge in [0.15, 0.2) is 0 Å². The Morgan fingerprint density at radius 1 is 1.24 bits per heavy atom. The molecule has 127 valence electrons. The summed E-state index contributed by atoms with van der Waals surface area (Å²) in [4.78, 5) is 9.16. The van der Waals surface area contributed by atoms with Crippen LogP contribution in [0.5, 0.6) is 5.75 Å². The zero-order valence-electron chi connectivity index (χ0n) is 14.9. The molecule has 0 saturated carbocycles. The van der Waals surface area contributed by atoms with E-state index >= 15 is 0 Å². The van der Waals surface area contributed by atoms with Gasteiger partial charge in [0.05, 0.1) is 18.7 Å². The molecule has 4 nitrogen and oxygen atoms in total. The number of methoxy groups -OCH3 is 1. The molecule has 0 aliphatic heterocycles. The van der Waals surface area contributed by atoms with Gasteiger partial charge in [0.25, 0.3) is 0 Å². The number of nitrogens with one attached hydrogen (secondary N) is 1. The van der Waals surface area contributed by atoms with E-state index in [1.807, 2.05) is 19.1 Å². The van der Waals surface area contributed by atoms with Crippen LogP contribution in [0.2, 0.25) is 0 Å². The Balaban J connectivity index is 1.74. The van der Waals surface area contributed by atoms with Crippen molar-refractivity contribution < 1.29 is 4.74 Å². The summed E-state index contributed by atoms with van der Waals surface area (Å²) in [6.07, 6.45) is 3.62. The molecule has 1 aromatic heterocycles. The lowest BCUT2D eigenvalue weighted by Crippen LogP contribution is -2.11. The Morgan fingerprint density at radius 2 is 2.12 bits per heavy atom. The molecule has 1 radical (unpaired) electrons. The van der Waals surface area contributed by atoms with Crippen LogP contribution in [-0.2, 0) is 12.8 Å². The van der Waals surface area contributed by atoms with Crippen LogP contribution in [0, 0.1) is 13.0 Å². The van der Waals surface area contributed by atoms with Crippen LogP contribution in [0.3, 0.4) is 0 Å². The summed E-state index contributed by atoms with van der Waals surface area (Å²) in [6.45, 7) is 4.11. The van der Waals surface area contributed by atoms with Crippen molar-refractivity contribution >= 4 is 16.7 Å². The average Bonchev–Trinajstić information content (AvgIpc) is 3.10. The lowest BCUT2D eigenvalue weighted by atomic mass is 9.98. The molecule has 4 rings (SSSR count). The van der Waals surface area contributed by atoms with Gasteiger partial charge in [-0.3, -0.25) is 0 Å². The molecule has 0 bridgehead atoms.